The minimum atomic E-state index is 0.0626. The molecule has 0 amide bonds. The van der Waals surface area contributed by atoms with Crippen LogP contribution in [0.25, 0.3) is 0 Å². The van der Waals surface area contributed by atoms with E-state index in [2.05, 4.69) is 45.2 Å². The molecule has 0 radical (unpaired) electrons. The van der Waals surface area contributed by atoms with Gasteiger partial charge in [0.1, 0.15) is 5.75 Å². The van der Waals surface area contributed by atoms with Crippen molar-refractivity contribution in [3.05, 3.63) is 24.8 Å². The molecule has 0 aliphatic rings. The van der Waals surface area contributed by atoms with Crippen molar-refractivity contribution in [2.45, 2.75) is 6.92 Å². The molecular formula is C9H8I2O2. The van der Waals surface area contributed by atoms with Gasteiger partial charge in [0.15, 0.2) is 5.78 Å². The quantitative estimate of drug-likeness (QED) is 0.562. The van der Waals surface area contributed by atoms with E-state index in [-0.39, 0.29) is 5.78 Å². The number of ether oxygens (including phenoxy) is 1. The number of hydrogen-bond acceptors (Lipinski definition) is 2. The van der Waals surface area contributed by atoms with E-state index in [0.29, 0.717) is 5.56 Å². The first-order chi connectivity index (χ1) is 6.06. The normalized spacial score (nSPS) is 9.85. The van der Waals surface area contributed by atoms with Gasteiger partial charge in [-0.15, -0.1) is 0 Å². The SMILES string of the molecule is COc1cc(C(C)=O)cc(I)c1I. The van der Waals surface area contributed by atoms with Gasteiger partial charge in [-0.3, -0.25) is 4.79 Å². The molecule has 0 fully saturated rings. The van der Waals surface area contributed by atoms with E-state index in [1.165, 1.54) is 0 Å². The number of hydrogen-bond donors (Lipinski definition) is 0. The molecule has 0 N–H and O–H groups in total. The van der Waals surface area contributed by atoms with E-state index >= 15 is 0 Å². The molecule has 70 valence electrons. The van der Waals surface area contributed by atoms with Gasteiger partial charge < -0.3 is 4.74 Å². The molecule has 0 aromatic heterocycles. The first-order valence-electron chi connectivity index (χ1n) is 3.60. The molecule has 0 spiro atoms. The van der Waals surface area contributed by atoms with Crippen LogP contribution in [0.5, 0.6) is 5.75 Å². The minimum Gasteiger partial charge on any atom is -0.496 e. The van der Waals surface area contributed by atoms with Crippen LogP contribution in [0.15, 0.2) is 12.1 Å². The van der Waals surface area contributed by atoms with Gasteiger partial charge in [-0.05, 0) is 64.2 Å². The Bertz CT molecular complexity index is 348. The lowest BCUT2D eigenvalue weighted by Crippen LogP contribution is -1.97. The van der Waals surface area contributed by atoms with Crippen LogP contribution < -0.4 is 4.74 Å². The van der Waals surface area contributed by atoms with Crippen molar-refractivity contribution in [1.29, 1.82) is 0 Å². The van der Waals surface area contributed by atoms with Crippen molar-refractivity contribution in [1.82, 2.24) is 0 Å². The molecule has 0 unspecified atom stereocenters. The first-order valence-corrected chi connectivity index (χ1v) is 5.76. The largest absolute Gasteiger partial charge is 0.496 e. The van der Waals surface area contributed by atoms with Crippen LogP contribution in [-0.2, 0) is 0 Å². The first kappa shape index (κ1) is 11.2. The Morgan fingerprint density at radius 1 is 1.38 bits per heavy atom. The average Bonchev–Trinajstić information content (AvgIpc) is 2.09. The fraction of sp³-hybridized carbons (Fsp3) is 0.222. The predicted molar refractivity (Wildman–Crippen MR) is 68.4 cm³/mol. The Balaban J connectivity index is 3.30. The number of ketones is 1. The maximum absolute atomic E-state index is 11.1. The van der Waals surface area contributed by atoms with Gasteiger partial charge in [0.05, 0.1) is 10.7 Å². The average molecular weight is 402 g/mol. The Morgan fingerprint density at radius 2 is 2.00 bits per heavy atom. The molecule has 1 aromatic carbocycles. The van der Waals surface area contributed by atoms with Gasteiger partial charge in [-0.25, -0.2) is 0 Å². The third-order valence-electron chi connectivity index (χ3n) is 1.62. The highest BCUT2D eigenvalue weighted by atomic mass is 127. The van der Waals surface area contributed by atoms with Gasteiger partial charge in [0.25, 0.3) is 0 Å². The molecular weight excluding hydrogens is 394 g/mol. The molecule has 2 nitrogen and oxygen atoms in total. The number of benzene rings is 1. The zero-order chi connectivity index (χ0) is 10.0. The fourth-order valence-corrected chi connectivity index (χ4v) is 2.05. The highest BCUT2D eigenvalue weighted by Gasteiger charge is 2.09. The highest BCUT2D eigenvalue weighted by Crippen LogP contribution is 2.27. The van der Waals surface area contributed by atoms with Gasteiger partial charge in [-0.1, -0.05) is 0 Å². The van der Waals surface area contributed by atoms with Crippen molar-refractivity contribution in [2.75, 3.05) is 7.11 Å². The van der Waals surface area contributed by atoms with Crippen LogP contribution in [-0.4, -0.2) is 12.9 Å². The van der Waals surface area contributed by atoms with E-state index in [0.717, 1.165) is 12.9 Å². The number of Topliss-reactive ketones (excluding diaryl/α,β-unsaturated/α-hetero) is 1. The Morgan fingerprint density at radius 3 is 2.46 bits per heavy atom. The number of rotatable bonds is 2. The summed E-state index contributed by atoms with van der Waals surface area (Å²) >= 11 is 4.39. The lowest BCUT2D eigenvalue weighted by molar-refractivity contribution is 0.101. The molecule has 0 aliphatic heterocycles. The van der Waals surface area contributed by atoms with E-state index in [9.17, 15) is 4.79 Å². The highest BCUT2D eigenvalue weighted by molar-refractivity contribution is 14.1. The summed E-state index contributed by atoms with van der Waals surface area (Å²) in [5, 5.41) is 0. The summed E-state index contributed by atoms with van der Waals surface area (Å²) in [7, 11) is 1.61. The molecule has 0 bridgehead atoms. The van der Waals surface area contributed by atoms with Crippen molar-refractivity contribution in [3.8, 4) is 5.75 Å². The number of carbonyl (C=O) groups is 1. The summed E-state index contributed by atoms with van der Waals surface area (Å²) in [6.07, 6.45) is 0. The Kier molecular flexibility index (Phi) is 3.96. The maximum Gasteiger partial charge on any atom is 0.159 e. The van der Waals surface area contributed by atoms with Crippen LogP contribution in [0.2, 0.25) is 0 Å². The lowest BCUT2D eigenvalue weighted by atomic mass is 10.1. The van der Waals surface area contributed by atoms with Crippen molar-refractivity contribution < 1.29 is 9.53 Å². The predicted octanol–water partition coefficient (Wildman–Crippen LogP) is 3.11. The number of carbonyl (C=O) groups excluding carboxylic acids is 1. The minimum absolute atomic E-state index is 0.0626. The van der Waals surface area contributed by atoms with Crippen molar-refractivity contribution in [2.24, 2.45) is 0 Å². The molecule has 0 heterocycles. The topological polar surface area (TPSA) is 26.3 Å². The summed E-state index contributed by atoms with van der Waals surface area (Å²) < 4.78 is 7.24. The molecule has 1 aromatic rings. The van der Waals surface area contributed by atoms with Gasteiger partial charge in [0.2, 0.25) is 0 Å². The number of methoxy groups -OCH3 is 1. The Labute approximate surface area is 104 Å². The maximum atomic E-state index is 11.1. The van der Waals surface area contributed by atoms with Gasteiger partial charge in [-0.2, -0.15) is 0 Å². The van der Waals surface area contributed by atoms with Crippen molar-refractivity contribution >= 4 is 51.0 Å². The number of halogens is 2. The van der Waals surface area contributed by atoms with Crippen LogP contribution in [0.3, 0.4) is 0 Å². The molecule has 0 saturated carbocycles. The molecule has 0 aliphatic carbocycles. The van der Waals surface area contributed by atoms with Crippen LogP contribution in [0, 0.1) is 7.14 Å². The summed E-state index contributed by atoms with van der Waals surface area (Å²) in [5.41, 5.74) is 0.696. The zero-order valence-corrected chi connectivity index (χ0v) is 11.5. The third kappa shape index (κ3) is 2.55. The summed E-state index contributed by atoms with van der Waals surface area (Å²) in [6, 6.07) is 3.64. The van der Waals surface area contributed by atoms with Crippen LogP contribution >= 0.6 is 45.2 Å². The monoisotopic (exact) mass is 402 g/mol. The van der Waals surface area contributed by atoms with Gasteiger partial charge >= 0.3 is 0 Å². The van der Waals surface area contributed by atoms with Gasteiger partial charge in [0, 0.05) is 9.13 Å². The molecule has 4 heteroatoms. The zero-order valence-electron chi connectivity index (χ0n) is 7.23. The smallest absolute Gasteiger partial charge is 0.159 e. The second kappa shape index (κ2) is 4.59. The lowest BCUT2D eigenvalue weighted by Gasteiger charge is -2.06. The molecule has 1 rings (SSSR count). The summed E-state index contributed by atoms with van der Waals surface area (Å²) in [5.74, 6) is 0.824. The molecule has 0 atom stereocenters. The van der Waals surface area contributed by atoms with Crippen molar-refractivity contribution in [3.63, 3.8) is 0 Å². The van der Waals surface area contributed by atoms with E-state index in [1.807, 2.05) is 6.07 Å². The molecule has 0 saturated heterocycles. The third-order valence-corrected chi connectivity index (χ3v) is 4.62. The summed E-state index contributed by atoms with van der Waals surface area (Å²) in [6.45, 7) is 1.55. The second-order valence-corrected chi connectivity index (χ2v) is 4.77. The molecule has 13 heavy (non-hydrogen) atoms. The summed E-state index contributed by atoms with van der Waals surface area (Å²) in [4.78, 5) is 11.1. The van der Waals surface area contributed by atoms with Crippen LogP contribution in [0.1, 0.15) is 17.3 Å². The van der Waals surface area contributed by atoms with Crippen LogP contribution in [0.4, 0.5) is 0 Å². The fourth-order valence-electron chi connectivity index (χ4n) is 0.916. The van der Waals surface area contributed by atoms with E-state index < -0.39 is 0 Å². The second-order valence-electron chi connectivity index (χ2n) is 2.53. The Hall–Kier alpha value is 0.150. The standard InChI is InChI=1S/C9H8I2O2/c1-5(12)6-3-7(10)9(11)8(4-6)13-2/h3-4H,1-2H3. The van der Waals surface area contributed by atoms with E-state index in [4.69, 9.17) is 4.74 Å². The van der Waals surface area contributed by atoms with E-state index in [1.54, 1.807) is 20.1 Å².